The van der Waals surface area contributed by atoms with Gasteiger partial charge in [-0.2, -0.15) is 0 Å². The third-order valence-electron chi connectivity index (χ3n) is 6.24. The molecule has 0 radical (unpaired) electrons. The molecule has 2 aliphatic rings. The second kappa shape index (κ2) is 9.92. The van der Waals surface area contributed by atoms with Crippen LogP contribution in [0.2, 0.25) is 0 Å². The number of hydrogen-bond acceptors (Lipinski definition) is 6. The highest BCUT2D eigenvalue weighted by atomic mass is 16.5. The third kappa shape index (κ3) is 5.05. The molecule has 7 nitrogen and oxygen atoms in total. The van der Waals surface area contributed by atoms with Crippen molar-refractivity contribution in [3.8, 4) is 5.75 Å². The van der Waals surface area contributed by atoms with E-state index in [0.717, 1.165) is 69.5 Å². The first-order valence-corrected chi connectivity index (χ1v) is 11.1. The van der Waals surface area contributed by atoms with Crippen molar-refractivity contribution < 1.29 is 9.53 Å². The number of nitrogens with zero attached hydrogens (tertiary/aromatic N) is 4. The van der Waals surface area contributed by atoms with E-state index in [1.54, 1.807) is 7.11 Å². The molecule has 2 heterocycles. The fourth-order valence-corrected chi connectivity index (χ4v) is 4.32. The van der Waals surface area contributed by atoms with Gasteiger partial charge in [0.25, 0.3) is 0 Å². The Balaban J connectivity index is 1.31. The Morgan fingerprint density at radius 1 is 0.839 bits per heavy atom. The minimum atomic E-state index is 0.146. The molecule has 0 aromatic heterocycles. The SMILES string of the molecule is COc1ccccc1N1CCN(C(=O)CNc2ccccc2N2CCN(C)CC2)CC1. The number of nitrogens with one attached hydrogen (secondary N) is 1. The Morgan fingerprint density at radius 2 is 1.42 bits per heavy atom. The Morgan fingerprint density at radius 3 is 2.13 bits per heavy atom. The summed E-state index contributed by atoms with van der Waals surface area (Å²) in [5, 5.41) is 3.40. The van der Waals surface area contributed by atoms with Gasteiger partial charge in [-0.1, -0.05) is 24.3 Å². The molecule has 0 unspecified atom stereocenters. The zero-order chi connectivity index (χ0) is 21.6. The molecule has 1 amide bonds. The summed E-state index contributed by atoms with van der Waals surface area (Å²) in [6.07, 6.45) is 0. The second-order valence-corrected chi connectivity index (χ2v) is 8.20. The first kappa shape index (κ1) is 21.3. The molecule has 2 aromatic carbocycles. The Bertz CT molecular complexity index is 874. The Labute approximate surface area is 185 Å². The van der Waals surface area contributed by atoms with Crippen LogP contribution in [-0.2, 0) is 4.79 Å². The molecule has 0 bridgehead atoms. The number of carbonyl (C=O) groups excluding carboxylic acids is 1. The van der Waals surface area contributed by atoms with Crippen molar-refractivity contribution in [2.75, 3.05) is 88.2 Å². The van der Waals surface area contributed by atoms with E-state index in [1.807, 2.05) is 29.2 Å². The lowest BCUT2D eigenvalue weighted by Gasteiger charge is -2.37. The van der Waals surface area contributed by atoms with Gasteiger partial charge in [0.15, 0.2) is 0 Å². The van der Waals surface area contributed by atoms with Crippen LogP contribution < -0.4 is 19.9 Å². The summed E-state index contributed by atoms with van der Waals surface area (Å²) < 4.78 is 5.49. The molecule has 0 saturated carbocycles. The number of anilines is 3. The van der Waals surface area contributed by atoms with Crippen LogP contribution in [-0.4, -0.2) is 88.8 Å². The number of hydrogen-bond donors (Lipinski definition) is 1. The normalized spacial score (nSPS) is 17.5. The number of likely N-dealkylation sites (N-methyl/N-ethyl adjacent to an activating group) is 1. The molecular weight excluding hydrogens is 390 g/mol. The average Bonchev–Trinajstić information content (AvgIpc) is 2.83. The lowest BCUT2D eigenvalue weighted by atomic mass is 10.2. The molecule has 0 aliphatic carbocycles. The topological polar surface area (TPSA) is 51.3 Å². The zero-order valence-electron chi connectivity index (χ0n) is 18.6. The number of methoxy groups -OCH3 is 1. The highest BCUT2D eigenvalue weighted by Crippen LogP contribution is 2.29. The maximum atomic E-state index is 12.9. The highest BCUT2D eigenvalue weighted by Gasteiger charge is 2.23. The van der Waals surface area contributed by atoms with Crippen LogP contribution in [0, 0.1) is 0 Å². The van der Waals surface area contributed by atoms with Gasteiger partial charge in [0, 0.05) is 52.4 Å². The summed E-state index contributed by atoms with van der Waals surface area (Å²) in [5.74, 6) is 1.03. The minimum absolute atomic E-state index is 0.146. The van der Waals surface area contributed by atoms with Crippen LogP contribution in [0.4, 0.5) is 17.1 Å². The smallest absolute Gasteiger partial charge is 0.241 e. The van der Waals surface area contributed by atoms with Crippen LogP contribution in [0.3, 0.4) is 0 Å². The number of carbonyl (C=O) groups is 1. The molecule has 0 spiro atoms. The van der Waals surface area contributed by atoms with Crippen molar-refractivity contribution in [1.82, 2.24) is 9.80 Å². The number of amides is 1. The van der Waals surface area contributed by atoms with Crippen molar-refractivity contribution in [2.24, 2.45) is 0 Å². The number of rotatable bonds is 6. The molecule has 2 aliphatic heterocycles. The van der Waals surface area contributed by atoms with Gasteiger partial charge in [-0.3, -0.25) is 4.79 Å². The van der Waals surface area contributed by atoms with E-state index in [2.05, 4.69) is 51.3 Å². The maximum Gasteiger partial charge on any atom is 0.241 e. The predicted octanol–water partition coefficient (Wildman–Crippen LogP) is 2.21. The lowest BCUT2D eigenvalue weighted by molar-refractivity contribution is -0.129. The second-order valence-electron chi connectivity index (χ2n) is 8.20. The first-order chi connectivity index (χ1) is 15.2. The molecule has 7 heteroatoms. The standard InChI is InChI=1S/C24H33N5O2/c1-26-11-13-27(14-12-26)21-8-4-3-7-20(21)25-19-24(30)29-17-15-28(16-18-29)22-9-5-6-10-23(22)31-2/h3-10,25H,11-19H2,1-2H3. The van der Waals surface area contributed by atoms with Crippen molar-refractivity contribution in [1.29, 1.82) is 0 Å². The van der Waals surface area contributed by atoms with Crippen molar-refractivity contribution in [2.45, 2.75) is 0 Å². The van der Waals surface area contributed by atoms with Crippen LogP contribution in [0.5, 0.6) is 5.75 Å². The largest absolute Gasteiger partial charge is 0.495 e. The van der Waals surface area contributed by atoms with E-state index in [4.69, 9.17) is 4.74 Å². The quantitative estimate of drug-likeness (QED) is 0.769. The molecule has 2 fully saturated rings. The molecule has 2 saturated heterocycles. The van der Waals surface area contributed by atoms with Gasteiger partial charge in [-0.05, 0) is 31.3 Å². The molecule has 0 atom stereocenters. The molecule has 31 heavy (non-hydrogen) atoms. The highest BCUT2D eigenvalue weighted by molar-refractivity contribution is 5.83. The summed E-state index contributed by atoms with van der Waals surface area (Å²) in [4.78, 5) is 21.9. The first-order valence-electron chi connectivity index (χ1n) is 11.1. The van der Waals surface area contributed by atoms with Crippen LogP contribution in [0.15, 0.2) is 48.5 Å². The van der Waals surface area contributed by atoms with Gasteiger partial charge >= 0.3 is 0 Å². The summed E-state index contributed by atoms with van der Waals surface area (Å²) >= 11 is 0. The number of para-hydroxylation sites is 4. The van der Waals surface area contributed by atoms with Gasteiger partial charge in [0.05, 0.1) is 30.7 Å². The van der Waals surface area contributed by atoms with Crippen LogP contribution in [0.1, 0.15) is 0 Å². The molecule has 4 rings (SSSR count). The Kier molecular flexibility index (Phi) is 6.82. The number of piperazine rings is 2. The zero-order valence-corrected chi connectivity index (χ0v) is 18.6. The van der Waals surface area contributed by atoms with Gasteiger partial charge in [0.2, 0.25) is 5.91 Å². The monoisotopic (exact) mass is 423 g/mol. The van der Waals surface area contributed by atoms with E-state index < -0.39 is 0 Å². The third-order valence-corrected chi connectivity index (χ3v) is 6.24. The molecule has 1 N–H and O–H groups in total. The van der Waals surface area contributed by atoms with Crippen molar-refractivity contribution in [3.05, 3.63) is 48.5 Å². The van der Waals surface area contributed by atoms with Gasteiger partial charge < -0.3 is 29.7 Å². The fraction of sp³-hybridized carbons (Fsp3) is 0.458. The lowest BCUT2D eigenvalue weighted by Crippen LogP contribution is -2.50. The Hall–Kier alpha value is -2.93. The van der Waals surface area contributed by atoms with Gasteiger partial charge in [-0.25, -0.2) is 0 Å². The van der Waals surface area contributed by atoms with E-state index in [0.29, 0.717) is 6.54 Å². The van der Waals surface area contributed by atoms with E-state index >= 15 is 0 Å². The predicted molar refractivity (Wildman–Crippen MR) is 126 cm³/mol. The average molecular weight is 424 g/mol. The summed E-state index contributed by atoms with van der Waals surface area (Å²) in [6, 6.07) is 16.4. The van der Waals surface area contributed by atoms with Crippen molar-refractivity contribution in [3.63, 3.8) is 0 Å². The van der Waals surface area contributed by atoms with Gasteiger partial charge in [0.1, 0.15) is 5.75 Å². The number of benzene rings is 2. The molecular formula is C24H33N5O2. The summed E-state index contributed by atoms with van der Waals surface area (Å²) in [6.45, 7) is 7.51. The van der Waals surface area contributed by atoms with Crippen LogP contribution >= 0.6 is 0 Å². The summed E-state index contributed by atoms with van der Waals surface area (Å²) in [7, 11) is 3.86. The minimum Gasteiger partial charge on any atom is -0.495 e. The fourth-order valence-electron chi connectivity index (χ4n) is 4.32. The number of ether oxygens (including phenoxy) is 1. The van der Waals surface area contributed by atoms with E-state index in [9.17, 15) is 4.79 Å². The maximum absolute atomic E-state index is 12.9. The van der Waals surface area contributed by atoms with E-state index in [1.165, 1.54) is 5.69 Å². The molecule has 166 valence electrons. The van der Waals surface area contributed by atoms with Gasteiger partial charge in [-0.15, -0.1) is 0 Å². The van der Waals surface area contributed by atoms with E-state index in [-0.39, 0.29) is 5.91 Å². The van der Waals surface area contributed by atoms with Crippen LogP contribution in [0.25, 0.3) is 0 Å². The summed E-state index contributed by atoms with van der Waals surface area (Å²) in [5.41, 5.74) is 3.31. The van der Waals surface area contributed by atoms with Crippen molar-refractivity contribution >= 4 is 23.0 Å². The molecule has 2 aromatic rings.